The quantitative estimate of drug-likeness (QED) is 0.843. The second-order valence-corrected chi connectivity index (χ2v) is 4.32. The second kappa shape index (κ2) is 6.04. The van der Waals surface area contributed by atoms with Crippen molar-refractivity contribution in [3.63, 3.8) is 0 Å². The van der Waals surface area contributed by atoms with Crippen LogP contribution in [0.25, 0.3) is 6.08 Å². The summed E-state index contributed by atoms with van der Waals surface area (Å²) in [6.07, 6.45) is -0.749. The Morgan fingerprint density at radius 3 is 2.50 bits per heavy atom. The lowest BCUT2D eigenvalue weighted by atomic mass is 10.0. The lowest BCUT2D eigenvalue weighted by Gasteiger charge is -2.08. The predicted molar refractivity (Wildman–Crippen MR) is 65.8 cm³/mol. The third-order valence-electron chi connectivity index (χ3n) is 2.12. The van der Waals surface area contributed by atoms with Crippen LogP contribution in [0.5, 0.6) is 0 Å². The minimum absolute atomic E-state index is 0.225. The number of benzene rings is 1. The van der Waals surface area contributed by atoms with Gasteiger partial charge in [-0.15, -0.1) is 0 Å². The number of alkyl halides is 4. The molecule has 18 heavy (non-hydrogen) atoms. The van der Waals surface area contributed by atoms with Crippen LogP contribution in [0.3, 0.4) is 0 Å². The zero-order chi connectivity index (χ0) is 13.8. The molecule has 0 heterocycles. The van der Waals surface area contributed by atoms with E-state index in [1.807, 2.05) is 0 Å². The molecule has 0 atom stereocenters. The van der Waals surface area contributed by atoms with Gasteiger partial charge in [0.15, 0.2) is 0 Å². The number of hydrogen-bond acceptors (Lipinski definition) is 1. The molecule has 0 saturated heterocycles. The van der Waals surface area contributed by atoms with Crippen LogP contribution in [0, 0.1) is 0 Å². The highest BCUT2D eigenvalue weighted by Gasteiger charge is 2.31. The molecule has 6 heteroatoms. The Bertz CT molecular complexity index is 467. The zero-order valence-electron chi connectivity index (χ0n) is 9.17. The van der Waals surface area contributed by atoms with Crippen LogP contribution >= 0.6 is 15.9 Å². The third-order valence-corrected chi connectivity index (χ3v) is 2.57. The van der Waals surface area contributed by atoms with Gasteiger partial charge >= 0.3 is 12.1 Å². The monoisotopic (exact) mass is 322 g/mol. The van der Waals surface area contributed by atoms with E-state index in [0.29, 0.717) is 17.8 Å². The van der Waals surface area contributed by atoms with Crippen LogP contribution in [0.2, 0.25) is 0 Å². The summed E-state index contributed by atoms with van der Waals surface area (Å²) in [7, 11) is 0. The van der Waals surface area contributed by atoms with Gasteiger partial charge < -0.3 is 5.11 Å². The molecule has 0 aliphatic carbocycles. The van der Waals surface area contributed by atoms with Gasteiger partial charge in [-0.25, -0.2) is 4.79 Å². The minimum atomic E-state index is -4.55. The summed E-state index contributed by atoms with van der Waals surface area (Å²) in [6, 6.07) is 2.77. The minimum Gasteiger partial charge on any atom is -0.478 e. The molecule has 0 saturated carbocycles. The Kier molecular flexibility index (Phi) is 4.95. The molecule has 2 nitrogen and oxygen atoms in total. The molecular formula is C12H10BrF3O2. The van der Waals surface area contributed by atoms with Crippen molar-refractivity contribution in [3.8, 4) is 0 Å². The fraction of sp³-hybridized carbons (Fsp3) is 0.250. The first-order valence-electron chi connectivity index (χ1n) is 5.02. The van der Waals surface area contributed by atoms with Crippen LogP contribution in [0.4, 0.5) is 13.2 Å². The number of hydrogen-bond donors (Lipinski definition) is 1. The van der Waals surface area contributed by atoms with E-state index in [-0.39, 0.29) is 11.1 Å². The summed E-state index contributed by atoms with van der Waals surface area (Å²) in [5.74, 6) is -1.38. The molecule has 0 aromatic heterocycles. The Morgan fingerprint density at radius 1 is 1.33 bits per heavy atom. The topological polar surface area (TPSA) is 37.3 Å². The van der Waals surface area contributed by atoms with Gasteiger partial charge in [0.05, 0.1) is 11.1 Å². The third kappa shape index (κ3) is 4.18. The summed E-state index contributed by atoms with van der Waals surface area (Å²) >= 11 is 3.18. The number of carbonyl (C=O) groups is 1. The van der Waals surface area contributed by atoms with Crippen molar-refractivity contribution in [1.29, 1.82) is 0 Å². The number of carboxylic acids is 1. The van der Waals surface area contributed by atoms with Gasteiger partial charge in [0.1, 0.15) is 0 Å². The average molecular weight is 323 g/mol. The fourth-order valence-electron chi connectivity index (χ4n) is 1.32. The molecule has 0 radical (unpaired) electrons. The lowest BCUT2D eigenvalue weighted by Crippen LogP contribution is -2.08. The highest BCUT2D eigenvalue weighted by Crippen LogP contribution is 2.31. The largest absolute Gasteiger partial charge is 0.478 e. The van der Waals surface area contributed by atoms with E-state index >= 15 is 0 Å². The van der Waals surface area contributed by atoms with Crippen molar-refractivity contribution < 1.29 is 23.1 Å². The number of rotatable bonds is 4. The number of carboxylic acid groups (broad SMARTS) is 1. The van der Waals surface area contributed by atoms with E-state index in [2.05, 4.69) is 15.9 Å². The molecule has 1 rings (SSSR count). The first kappa shape index (κ1) is 14.8. The summed E-state index contributed by atoms with van der Waals surface area (Å²) in [4.78, 5) is 10.8. The van der Waals surface area contributed by atoms with Gasteiger partial charge in [-0.2, -0.15) is 13.2 Å². The first-order chi connectivity index (χ1) is 8.34. The molecule has 0 unspecified atom stereocenters. The van der Waals surface area contributed by atoms with E-state index in [1.165, 1.54) is 12.1 Å². The Labute approximate surface area is 110 Å². The van der Waals surface area contributed by atoms with Gasteiger partial charge in [-0.3, -0.25) is 0 Å². The van der Waals surface area contributed by atoms with E-state index in [1.54, 1.807) is 6.08 Å². The van der Waals surface area contributed by atoms with Gasteiger partial charge in [-0.1, -0.05) is 28.1 Å². The molecular weight excluding hydrogens is 313 g/mol. The molecule has 1 aromatic carbocycles. The molecule has 0 spiro atoms. The lowest BCUT2D eigenvalue weighted by molar-refractivity contribution is -0.137. The molecule has 0 aliphatic heterocycles. The molecule has 0 fully saturated rings. The van der Waals surface area contributed by atoms with Crippen molar-refractivity contribution in [2.75, 3.05) is 5.33 Å². The average Bonchev–Trinajstić information content (AvgIpc) is 2.28. The normalized spacial score (nSPS) is 12.0. The van der Waals surface area contributed by atoms with Crippen molar-refractivity contribution in [2.45, 2.75) is 12.6 Å². The van der Waals surface area contributed by atoms with Crippen molar-refractivity contribution in [1.82, 2.24) is 0 Å². The first-order valence-corrected chi connectivity index (χ1v) is 6.15. The van der Waals surface area contributed by atoms with Crippen molar-refractivity contribution >= 4 is 28.0 Å². The zero-order valence-corrected chi connectivity index (χ0v) is 10.8. The summed E-state index contributed by atoms with van der Waals surface area (Å²) < 4.78 is 37.7. The van der Waals surface area contributed by atoms with Gasteiger partial charge in [-0.05, 0) is 30.2 Å². The van der Waals surface area contributed by atoms with E-state index in [4.69, 9.17) is 5.11 Å². The molecule has 0 bridgehead atoms. The number of aromatic carboxylic acids is 1. The van der Waals surface area contributed by atoms with Gasteiger partial charge in [0.2, 0.25) is 0 Å². The van der Waals surface area contributed by atoms with E-state index < -0.39 is 17.7 Å². The summed E-state index contributed by atoms with van der Waals surface area (Å²) in [5, 5.41) is 9.46. The molecule has 0 amide bonds. The SMILES string of the molecule is O=C(O)c1cc(C=CCCBr)cc(C(F)(F)F)c1. The maximum atomic E-state index is 12.6. The van der Waals surface area contributed by atoms with Crippen LogP contribution < -0.4 is 0 Å². The fourth-order valence-corrected chi connectivity index (χ4v) is 1.58. The maximum Gasteiger partial charge on any atom is 0.416 e. The summed E-state index contributed by atoms with van der Waals surface area (Å²) in [5.41, 5.74) is -1.10. The van der Waals surface area contributed by atoms with Crippen LogP contribution in [-0.4, -0.2) is 16.4 Å². The van der Waals surface area contributed by atoms with Crippen molar-refractivity contribution in [3.05, 3.63) is 41.0 Å². The van der Waals surface area contributed by atoms with E-state index in [9.17, 15) is 18.0 Å². The molecule has 1 N–H and O–H groups in total. The van der Waals surface area contributed by atoms with Gasteiger partial charge in [0.25, 0.3) is 0 Å². The molecule has 0 aliphatic rings. The Hall–Kier alpha value is -1.30. The number of halogens is 4. The van der Waals surface area contributed by atoms with Crippen LogP contribution in [0.15, 0.2) is 24.3 Å². The van der Waals surface area contributed by atoms with Crippen molar-refractivity contribution in [2.24, 2.45) is 0 Å². The molecule has 98 valence electrons. The van der Waals surface area contributed by atoms with E-state index in [0.717, 1.165) is 6.07 Å². The Balaban J connectivity index is 3.18. The number of allylic oxidation sites excluding steroid dienone is 1. The summed E-state index contributed by atoms with van der Waals surface area (Å²) in [6.45, 7) is 0. The Morgan fingerprint density at radius 2 is 2.00 bits per heavy atom. The van der Waals surface area contributed by atoms with Crippen LogP contribution in [0.1, 0.15) is 27.9 Å². The highest BCUT2D eigenvalue weighted by atomic mass is 79.9. The highest BCUT2D eigenvalue weighted by molar-refractivity contribution is 9.09. The predicted octanol–water partition coefficient (Wildman–Crippen LogP) is 4.20. The maximum absolute atomic E-state index is 12.6. The van der Waals surface area contributed by atoms with Crippen LogP contribution in [-0.2, 0) is 6.18 Å². The van der Waals surface area contributed by atoms with Gasteiger partial charge in [0, 0.05) is 5.33 Å². The second-order valence-electron chi connectivity index (χ2n) is 3.53. The molecule has 1 aromatic rings. The standard InChI is InChI=1S/C12H10BrF3O2/c13-4-2-1-3-8-5-9(11(17)18)7-10(6-8)12(14,15)16/h1,3,5-7H,2,4H2,(H,17,18). The smallest absolute Gasteiger partial charge is 0.416 e.